The molecule has 1 fully saturated rings. The van der Waals surface area contributed by atoms with Crippen LogP contribution >= 0.6 is 0 Å². The molecule has 2 N–H and O–H groups in total. The van der Waals surface area contributed by atoms with Gasteiger partial charge in [-0.3, -0.25) is 0 Å². The van der Waals surface area contributed by atoms with Crippen LogP contribution in [0, 0.1) is 0 Å². The fourth-order valence-corrected chi connectivity index (χ4v) is 2.51. The standard InChI is InChI=1S/C15H24N2O/c18-15-7-4-6-14(12-15)13-16-8-5-11-17-9-2-1-3-10-17/h4,6-7,12,16,18H,1-3,5,8-11,13H2. The second-order valence-electron chi connectivity index (χ2n) is 5.10. The van der Waals surface area contributed by atoms with Crippen molar-refractivity contribution in [3.8, 4) is 5.75 Å². The molecule has 1 aromatic rings. The van der Waals surface area contributed by atoms with Crippen LogP contribution in [0.15, 0.2) is 24.3 Å². The molecule has 0 radical (unpaired) electrons. The first kappa shape index (κ1) is 13.4. The van der Waals surface area contributed by atoms with Crippen LogP contribution in [0.2, 0.25) is 0 Å². The number of nitrogens with zero attached hydrogens (tertiary/aromatic N) is 1. The molecule has 0 spiro atoms. The van der Waals surface area contributed by atoms with E-state index in [1.165, 1.54) is 45.3 Å². The summed E-state index contributed by atoms with van der Waals surface area (Å²) < 4.78 is 0. The summed E-state index contributed by atoms with van der Waals surface area (Å²) in [5.74, 6) is 0.350. The van der Waals surface area contributed by atoms with Gasteiger partial charge in [-0.1, -0.05) is 18.6 Å². The van der Waals surface area contributed by atoms with Crippen LogP contribution in [0.5, 0.6) is 5.75 Å². The fourth-order valence-electron chi connectivity index (χ4n) is 2.51. The van der Waals surface area contributed by atoms with Crippen LogP contribution in [0.3, 0.4) is 0 Å². The van der Waals surface area contributed by atoms with E-state index in [4.69, 9.17) is 0 Å². The van der Waals surface area contributed by atoms with Crippen LogP contribution in [0.4, 0.5) is 0 Å². The first-order valence-electron chi connectivity index (χ1n) is 7.05. The molecule has 1 aliphatic rings. The van der Waals surface area contributed by atoms with Crippen LogP contribution in [0.25, 0.3) is 0 Å². The Morgan fingerprint density at radius 3 is 2.78 bits per heavy atom. The molecule has 100 valence electrons. The molecule has 1 aliphatic heterocycles. The van der Waals surface area contributed by atoms with E-state index in [0.29, 0.717) is 5.75 Å². The second kappa shape index (κ2) is 7.39. The van der Waals surface area contributed by atoms with Crippen LogP contribution in [-0.2, 0) is 6.54 Å². The topological polar surface area (TPSA) is 35.5 Å². The van der Waals surface area contributed by atoms with Gasteiger partial charge in [-0.15, -0.1) is 0 Å². The summed E-state index contributed by atoms with van der Waals surface area (Å²) in [7, 11) is 0. The lowest BCUT2D eigenvalue weighted by Crippen LogP contribution is -2.32. The Labute approximate surface area is 110 Å². The Morgan fingerprint density at radius 2 is 2.00 bits per heavy atom. The van der Waals surface area contributed by atoms with Crippen molar-refractivity contribution in [1.82, 2.24) is 10.2 Å². The Balaban J connectivity index is 1.55. The average Bonchev–Trinajstić information content (AvgIpc) is 2.40. The van der Waals surface area contributed by atoms with Crippen molar-refractivity contribution in [3.05, 3.63) is 29.8 Å². The monoisotopic (exact) mass is 248 g/mol. The smallest absolute Gasteiger partial charge is 0.115 e. The van der Waals surface area contributed by atoms with Gasteiger partial charge in [-0.2, -0.15) is 0 Å². The van der Waals surface area contributed by atoms with Crippen molar-refractivity contribution in [1.29, 1.82) is 0 Å². The summed E-state index contributed by atoms with van der Waals surface area (Å²) in [6, 6.07) is 7.45. The summed E-state index contributed by atoms with van der Waals surface area (Å²) in [6.45, 7) is 5.67. The Kier molecular flexibility index (Phi) is 5.49. The Morgan fingerprint density at radius 1 is 1.17 bits per heavy atom. The lowest BCUT2D eigenvalue weighted by molar-refractivity contribution is 0.225. The first-order chi connectivity index (χ1) is 8.84. The fraction of sp³-hybridized carbons (Fsp3) is 0.600. The molecule has 0 saturated carbocycles. The minimum atomic E-state index is 0.350. The molecule has 0 amide bonds. The minimum Gasteiger partial charge on any atom is -0.508 e. The maximum absolute atomic E-state index is 9.35. The van der Waals surface area contributed by atoms with Crippen LogP contribution < -0.4 is 5.32 Å². The number of benzene rings is 1. The Hall–Kier alpha value is -1.06. The molecule has 0 bridgehead atoms. The third kappa shape index (κ3) is 4.67. The second-order valence-corrected chi connectivity index (χ2v) is 5.10. The highest BCUT2D eigenvalue weighted by Gasteiger charge is 2.08. The molecule has 0 unspecified atom stereocenters. The quantitative estimate of drug-likeness (QED) is 0.759. The Bertz CT molecular complexity index is 348. The summed E-state index contributed by atoms with van der Waals surface area (Å²) in [5, 5.41) is 12.8. The van der Waals surface area contributed by atoms with Gasteiger partial charge in [0.2, 0.25) is 0 Å². The predicted molar refractivity (Wildman–Crippen MR) is 74.7 cm³/mol. The molecule has 0 aliphatic carbocycles. The van der Waals surface area contributed by atoms with Gasteiger partial charge in [0.15, 0.2) is 0 Å². The molecule has 0 atom stereocenters. The average molecular weight is 248 g/mol. The van der Waals surface area contributed by atoms with E-state index in [2.05, 4.69) is 10.2 Å². The molecule has 0 aromatic heterocycles. The number of likely N-dealkylation sites (tertiary alicyclic amines) is 1. The maximum Gasteiger partial charge on any atom is 0.115 e. The lowest BCUT2D eigenvalue weighted by Gasteiger charge is -2.26. The highest BCUT2D eigenvalue weighted by Crippen LogP contribution is 2.10. The summed E-state index contributed by atoms with van der Waals surface area (Å²) in [5.41, 5.74) is 1.15. The molecular weight excluding hydrogens is 224 g/mol. The number of hydrogen-bond donors (Lipinski definition) is 2. The number of aromatic hydroxyl groups is 1. The molecule has 3 nitrogen and oxygen atoms in total. The van der Waals surface area contributed by atoms with Gasteiger partial charge in [0.05, 0.1) is 0 Å². The molecule has 1 heterocycles. The minimum absolute atomic E-state index is 0.350. The zero-order valence-corrected chi connectivity index (χ0v) is 11.1. The third-order valence-electron chi connectivity index (χ3n) is 3.52. The van der Waals surface area contributed by atoms with Gasteiger partial charge in [-0.05, 0) is 63.1 Å². The van der Waals surface area contributed by atoms with Crippen molar-refractivity contribution in [2.75, 3.05) is 26.2 Å². The van der Waals surface area contributed by atoms with Gasteiger partial charge < -0.3 is 15.3 Å². The van der Waals surface area contributed by atoms with Gasteiger partial charge in [0.1, 0.15) is 5.75 Å². The number of phenolic OH excluding ortho intramolecular Hbond substituents is 1. The zero-order chi connectivity index (χ0) is 12.6. The van der Waals surface area contributed by atoms with E-state index < -0.39 is 0 Å². The molecule has 2 rings (SSSR count). The van der Waals surface area contributed by atoms with E-state index in [1.54, 1.807) is 6.07 Å². The molecule has 18 heavy (non-hydrogen) atoms. The molecular formula is C15H24N2O. The van der Waals surface area contributed by atoms with E-state index >= 15 is 0 Å². The van der Waals surface area contributed by atoms with Crippen molar-refractivity contribution in [2.24, 2.45) is 0 Å². The molecule has 3 heteroatoms. The van der Waals surface area contributed by atoms with Gasteiger partial charge in [-0.25, -0.2) is 0 Å². The SMILES string of the molecule is Oc1cccc(CNCCCN2CCCCC2)c1. The molecule has 1 saturated heterocycles. The lowest BCUT2D eigenvalue weighted by atomic mass is 10.1. The van der Waals surface area contributed by atoms with E-state index in [1.807, 2.05) is 18.2 Å². The summed E-state index contributed by atoms with van der Waals surface area (Å²) >= 11 is 0. The number of phenols is 1. The zero-order valence-electron chi connectivity index (χ0n) is 11.1. The third-order valence-corrected chi connectivity index (χ3v) is 3.52. The maximum atomic E-state index is 9.35. The van der Waals surface area contributed by atoms with Crippen molar-refractivity contribution < 1.29 is 5.11 Å². The van der Waals surface area contributed by atoms with Gasteiger partial charge >= 0.3 is 0 Å². The van der Waals surface area contributed by atoms with Crippen LogP contribution in [0.1, 0.15) is 31.2 Å². The van der Waals surface area contributed by atoms with E-state index in [0.717, 1.165) is 18.7 Å². The highest BCUT2D eigenvalue weighted by atomic mass is 16.3. The van der Waals surface area contributed by atoms with Crippen molar-refractivity contribution in [2.45, 2.75) is 32.2 Å². The van der Waals surface area contributed by atoms with Gasteiger partial charge in [0, 0.05) is 6.54 Å². The van der Waals surface area contributed by atoms with Crippen molar-refractivity contribution in [3.63, 3.8) is 0 Å². The van der Waals surface area contributed by atoms with Crippen LogP contribution in [-0.4, -0.2) is 36.2 Å². The number of hydrogen-bond acceptors (Lipinski definition) is 3. The first-order valence-corrected chi connectivity index (χ1v) is 7.05. The highest BCUT2D eigenvalue weighted by molar-refractivity contribution is 5.26. The van der Waals surface area contributed by atoms with Gasteiger partial charge in [0.25, 0.3) is 0 Å². The largest absolute Gasteiger partial charge is 0.508 e. The molecule has 1 aromatic carbocycles. The predicted octanol–water partition coefficient (Wildman–Crippen LogP) is 2.36. The normalized spacial score (nSPS) is 16.9. The van der Waals surface area contributed by atoms with E-state index in [-0.39, 0.29) is 0 Å². The number of piperidine rings is 1. The van der Waals surface area contributed by atoms with Crippen molar-refractivity contribution >= 4 is 0 Å². The number of rotatable bonds is 6. The van der Waals surface area contributed by atoms with E-state index in [9.17, 15) is 5.11 Å². The summed E-state index contributed by atoms with van der Waals surface area (Å²) in [6.07, 6.45) is 5.36. The summed E-state index contributed by atoms with van der Waals surface area (Å²) in [4.78, 5) is 2.57. The number of nitrogens with one attached hydrogen (secondary N) is 1.